The number of carbonyl (C=O) groups is 1. The smallest absolute Gasteiger partial charge is 0.424 e. The van der Waals surface area contributed by atoms with Crippen molar-refractivity contribution in [2.24, 2.45) is 0 Å². The molecule has 1 aliphatic rings. The van der Waals surface area contributed by atoms with Crippen molar-refractivity contribution >= 4 is 11.9 Å². The van der Waals surface area contributed by atoms with Crippen LogP contribution in [0.5, 0.6) is 5.75 Å². The molecule has 3 nitrogen and oxygen atoms in total. The zero-order chi connectivity index (χ0) is 15.0. The number of benzene rings is 1. The van der Waals surface area contributed by atoms with Crippen molar-refractivity contribution in [1.82, 2.24) is 0 Å². The molecule has 1 aromatic carbocycles. The van der Waals surface area contributed by atoms with E-state index in [1.54, 1.807) is 0 Å². The summed E-state index contributed by atoms with van der Waals surface area (Å²) in [5.41, 5.74) is -3.39. The summed E-state index contributed by atoms with van der Waals surface area (Å²) < 4.78 is 56.4. The molecule has 1 aromatic rings. The Morgan fingerprint density at radius 2 is 2.05 bits per heavy atom. The van der Waals surface area contributed by atoms with Gasteiger partial charge in [-0.15, -0.1) is 0 Å². The van der Waals surface area contributed by atoms with Gasteiger partial charge in [0, 0.05) is 12.0 Å². The van der Waals surface area contributed by atoms with Gasteiger partial charge in [-0.25, -0.2) is 4.39 Å². The second-order valence-electron chi connectivity index (χ2n) is 4.40. The van der Waals surface area contributed by atoms with E-state index in [2.05, 4.69) is 0 Å². The molecule has 7 heteroatoms. The third-order valence-corrected chi connectivity index (χ3v) is 3.00. The van der Waals surface area contributed by atoms with Gasteiger partial charge in [-0.1, -0.05) is 0 Å². The standard InChI is InChI=1S/C13H10F4O3/c14-9-1-2-11-10(5-9)8(3-4-20-11)6-12(19,7-18)13(15,16)17/h1-3,5,7,19H,4,6H2. The molecule has 1 aliphatic heterocycles. The highest BCUT2D eigenvalue weighted by molar-refractivity contribution is 5.77. The Bertz CT molecular complexity index is 565. The van der Waals surface area contributed by atoms with Gasteiger partial charge < -0.3 is 9.84 Å². The normalized spacial score (nSPS) is 17.6. The first kappa shape index (κ1) is 14.5. The molecule has 0 bridgehead atoms. The molecule has 0 aliphatic carbocycles. The number of aliphatic hydroxyl groups is 1. The maximum Gasteiger partial charge on any atom is 0.424 e. The number of carbonyl (C=O) groups excluding carboxylic acids is 1. The Morgan fingerprint density at radius 3 is 2.65 bits per heavy atom. The zero-order valence-corrected chi connectivity index (χ0v) is 10.1. The SMILES string of the molecule is O=CC(O)(CC1=CCOc2ccc(F)cc21)C(F)(F)F. The lowest BCUT2D eigenvalue weighted by molar-refractivity contribution is -0.242. The summed E-state index contributed by atoms with van der Waals surface area (Å²) in [4.78, 5) is 10.6. The molecule has 0 saturated carbocycles. The number of rotatable bonds is 3. The second-order valence-corrected chi connectivity index (χ2v) is 4.40. The fourth-order valence-corrected chi connectivity index (χ4v) is 1.89. The van der Waals surface area contributed by atoms with Gasteiger partial charge in [0.1, 0.15) is 18.2 Å². The minimum Gasteiger partial charge on any atom is -0.489 e. The molecule has 1 atom stereocenters. The van der Waals surface area contributed by atoms with Gasteiger partial charge in [-0.05, 0) is 29.8 Å². The largest absolute Gasteiger partial charge is 0.489 e. The molecule has 0 saturated heterocycles. The highest BCUT2D eigenvalue weighted by Gasteiger charge is 2.54. The van der Waals surface area contributed by atoms with Gasteiger partial charge in [0.2, 0.25) is 5.60 Å². The van der Waals surface area contributed by atoms with Crippen LogP contribution in [0.25, 0.3) is 5.57 Å². The van der Waals surface area contributed by atoms with E-state index in [0.29, 0.717) is 0 Å². The van der Waals surface area contributed by atoms with Crippen molar-refractivity contribution in [1.29, 1.82) is 0 Å². The molecular weight excluding hydrogens is 280 g/mol. The molecule has 0 spiro atoms. The molecule has 1 unspecified atom stereocenters. The number of ether oxygens (including phenoxy) is 1. The summed E-state index contributed by atoms with van der Waals surface area (Å²) in [6, 6.07) is 3.39. The van der Waals surface area contributed by atoms with E-state index in [1.165, 1.54) is 12.1 Å². The quantitative estimate of drug-likeness (QED) is 0.687. The Kier molecular flexibility index (Phi) is 3.56. The molecule has 20 heavy (non-hydrogen) atoms. The van der Waals surface area contributed by atoms with Gasteiger partial charge >= 0.3 is 6.18 Å². The van der Waals surface area contributed by atoms with Crippen molar-refractivity contribution in [3.8, 4) is 5.75 Å². The zero-order valence-electron chi connectivity index (χ0n) is 10.1. The maximum absolute atomic E-state index is 13.2. The van der Waals surface area contributed by atoms with Crippen LogP contribution in [0.2, 0.25) is 0 Å². The number of hydrogen-bond acceptors (Lipinski definition) is 3. The Labute approximate surface area is 111 Å². The summed E-state index contributed by atoms with van der Waals surface area (Å²) in [7, 11) is 0. The Balaban J connectivity index is 2.38. The third-order valence-electron chi connectivity index (χ3n) is 3.00. The van der Waals surface area contributed by atoms with E-state index in [-0.39, 0.29) is 23.5 Å². The fourth-order valence-electron chi connectivity index (χ4n) is 1.89. The van der Waals surface area contributed by atoms with Crippen LogP contribution in [0.15, 0.2) is 24.3 Å². The monoisotopic (exact) mass is 290 g/mol. The minimum atomic E-state index is -5.11. The van der Waals surface area contributed by atoms with Crippen molar-refractivity contribution in [3.63, 3.8) is 0 Å². The molecule has 108 valence electrons. The Morgan fingerprint density at radius 1 is 1.35 bits per heavy atom. The van der Waals surface area contributed by atoms with Gasteiger partial charge in [0.15, 0.2) is 6.29 Å². The summed E-state index contributed by atoms with van der Waals surface area (Å²) in [6.07, 6.45) is -5.37. The number of alkyl halides is 3. The fraction of sp³-hybridized carbons (Fsp3) is 0.308. The van der Waals surface area contributed by atoms with Crippen LogP contribution in [0, 0.1) is 5.82 Å². The van der Waals surface area contributed by atoms with Crippen LogP contribution in [0.1, 0.15) is 12.0 Å². The first-order chi connectivity index (χ1) is 9.27. The minimum absolute atomic E-state index is 0.0117. The van der Waals surface area contributed by atoms with Crippen molar-refractivity contribution < 1.29 is 32.2 Å². The van der Waals surface area contributed by atoms with Crippen LogP contribution in [0.4, 0.5) is 17.6 Å². The molecule has 0 aromatic heterocycles. The summed E-state index contributed by atoms with van der Waals surface area (Å²) in [6.45, 7) is -0.0131. The lowest BCUT2D eigenvalue weighted by Crippen LogP contribution is -2.47. The predicted octanol–water partition coefficient (Wildman–Crippen LogP) is 2.48. The van der Waals surface area contributed by atoms with Gasteiger partial charge in [0.25, 0.3) is 0 Å². The topological polar surface area (TPSA) is 46.5 Å². The number of fused-ring (bicyclic) bond motifs is 1. The van der Waals surface area contributed by atoms with Gasteiger partial charge in [0.05, 0.1) is 0 Å². The van der Waals surface area contributed by atoms with Crippen LogP contribution in [-0.4, -0.2) is 29.8 Å². The lowest BCUT2D eigenvalue weighted by atomic mass is 9.89. The van der Waals surface area contributed by atoms with Crippen molar-refractivity contribution in [3.05, 3.63) is 35.7 Å². The molecule has 2 rings (SSSR count). The molecule has 0 radical (unpaired) electrons. The third kappa shape index (κ3) is 2.53. The van der Waals surface area contributed by atoms with Crippen molar-refractivity contribution in [2.75, 3.05) is 6.61 Å². The summed E-state index contributed by atoms with van der Waals surface area (Å²) in [5, 5.41) is 9.44. The number of halogens is 4. The predicted molar refractivity (Wildman–Crippen MR) is 61.6 cm³/mol. The van der Waals surface area contributed by atoms with Crippen LogP contribution < -0.4 is 4.74 Å². The number of hydrogen-bond donors (Lipinski definition) is 1. The maximum atomic E-state index is 13.2. The summed E-state index contributed by atoms with van der Waals surface area (Å²) in [5.74, 6) is -0.443. The van der Waals surface area contributed by atoms with Crippen LogP contribution in [-0.2, 0) is 4.79 Å². The first-order valence-corrected chi connectivity index (χ1v) is 5.64. The summed E-state index contributed by atoms with van der Waals surface area (Å²) >= 11 is 0. The van der Waals surface area contributed by atoms with Crippen molar-refractivity contribution in [2.45, 2.75) is 18.2 Å². The van der Waals surface area contributed by atoms with Gasteiger partial charge in [-0.3, -0.25) is 4.79 Å². The Hall–Kier alpha value is -1.89. The van der Waals surface area contributed by atoms with Crippen LogP contribution in [0.3, 0.4) is 0 Å². The highest BCUT2D eigenvalue weighted by Crippen LogP contribution is 2.40. The highest BCUT2D eigenvalue weighted by atomic mass is 19.4. The van der Waals surface area contributed by atoms with E-state index in [4.69, 9.17) is 4.74 Å². The molecule has 0 amide bonds. The van der Waals surface area contributed by atoms with Gasteiger partial charge in [-0.2, -0.15) is 13.2 Å². The average molecular weight is 290 g/mol. The van der Waals surface area contributed by atoms with Crippen LogP contribution >= 0.6 is 0 Å². The lowest BCUT2D eigenvalue weighted by Gasteiger charge is -2.28. The second kappa shape index (κ2) is 4.90. The van der Waals surface area contributed by atoms with E-state index < -0.39 is 30.3 Å². The molecule has 1 heterocycles. The van der Waals surface area contributed by atoms with E-state index in [1.807, 2.05) is 0 Å². The molecule has 0 fully saturated rings. The molecular formula is C13H10F4O3. The molecule has 1 N–H and O–H groups in total. The van der Waals surface area contributed by atoms with E-state index >= 15 is 0 Å². The number of aldehydes is 1. The first-order valence-electron chi connectivity index (χ1n) is 5.64. The van der Waals surface area contributed by atoms with E-state index in [0.717, 1.165) is 12.1 Å². The van der Waals surface area contributed by atoms with E-state index in [9.17, 15) is 27.5 Å². The average Bonchev–Trinajstić information content (AvgIpc) is 2.38.